The Labute approximate surface area is 184 Å². The van der Waals surface area contributed by atoms with Gasteiger partial charge in [0.1, 0.15) is 4.83 Å². The highest BCUT2D eigenvalue weighted by Gasteiger charge is 2.21. The van der Waals surface area contributed by atoms with Gasteiger partial charge in [-0.15, -0.1) is 11.3 Å². The standard InChI is InChI=1S/C23H27N3O2S2/c1-4-18-15(3)30-21-20(18)22(28)26(17-11-7-8-14(2)12-17)23(25-21)29-13-19(27)24-16-9-5-6-10-16/h7-8,11-12,16H,4-6,9-10,13H2,1-3H3,(H,24,27). The minimum atomic E-state index is -0.0505. The number of aromatic nitrogens is 2. The molecule has 0 aliphatic heterocycles. The van der Waals surface area contributed by atoms with Crippen LogP contribution in [0.4, 0.5) is 0 Å². The highest BCUT2D eigenvalue weighted by atomic mass is 32.2. The van der Waals surface area contributed by atoms with Gasteiger partial charge in [-0.3, -0.25) is 14.2 Å². The minimum Gasteiger partial charge on any atom is -0.353 e. The maximum Gasteiger partial charge on any atom is 0.267 e. The number of carbonyl (C=O) groups is 1. The molecule has 2 heterocycles. The van der Waals surface area contributed by atoms with E-state index in [0.29, 0.717) is 16.6 Å². The molecule has 7 heteroatoms. The fourth-order valence-electron chi connectivity index (χ4n) is 4.18. The van der Waals surface area contributed by atoms with Crippen LogP contribution in [0.5, 0.6) is 0 Å². The number of fused-ring (bicyclic) bond motifs is 1. The Hall–Kier alpha value is -2.12. The van der Waals surface area contributed by atoms with Gasteiger partial charge < -0.3 is 5.32 Å². The number of hydrogen-bond acceptors (Lipinski definition) is 5. The van der Waals surface area contributed by atoms with Gasteiger partial charge in [0.2, 0.25) is 5.91 Å². The molecule has 0 spiro atoms. The van der Waals surface area contributed by atoms with Crippen molar-refractivity contribution in [3.63, 3.8) is 0 Å². The Morgan fingerprint density at radius 3 is 2.77 bits per heavy atom. The van der Waals surface area contributed by atoms with Crippen molar-refractivity contribution in [3.05, 3.63) is 50.6 Å². The van der Waals surface area contributed by atoms with Crippen molar-refractivity contribution < 1.29 is 4.79 Å². The van der Waals surface area contributed by atoms with Gasteiger partial charge in [-0.25, -0.2) is 4.98 Å². The van der Waals surface area contributed by atoms with E-state index in [0.717, 1.165) is 45.8 Å². The van der Waals surface area contributed by atoms with Crippen LogP contribution in [0.2, 0.25) is 0 Å². The van der Waals surface area contributed by atoms with Crippen molar-refractivity contribution >= 4 is 39.2 Å². The second kappa shape index (κ2) is 8.94. The van der Waals surface area contributed by atoms with E-state index in [4.69, 9.17) is 4.98 Å². The van der Waals surface area contributed by atoms with Crippen LogP contribution in [0.15, 0.2) is 34.2 Å². The Morgan fingerprint density at radius 2 is 2.07 bits per heavy atom. The number of rotatable bonds is 6. The molecule has 2 aromatic heterocycles. The molecule has 0 unspecified atom stereocenters. The van der Waals surface area contributed by atoms with Crippen LogP contribution in [0, 0.1) is 13.8 Å². The van der Waals surface area contributed by atoms with Crippen LogP contribution >= 0.6 is 23.1 Å². The largest absolute Gasteiger partial charge is 0.353 e. The van der Waals surface area contributed by atoms with E-state index in [1.54, 1.807) is 15.9 Å². The zero-order chi connectivity index (χ0) is 21.3. The summed E-state index contributed by atoms with van der Waals surface area (Å²) < 4.78 is 1.67. The number of benzene rings is 1. The molecule has 1 saturated carbocycles. The molecule has 1 aromatic carbocycles. The van der Waals surface area contributed by atoms with Crippen molar-refractivity contribution in [1.82, 2.24) is 14.9 Å². The predicted octanol–water partition coefficient (Wildman–Crippen LogP) is 4.78. The zero-order valence-corrected chi connectivity index (χ0v) is 19.3. The first kappa shape index (κ1) is 21.1. The summed E-state index contributed by atoms with van der Waals surface area (Å²) in [6.07, 6.45) is 5.28. The van der Waals surface area contributed by atoms with Gasteiger partial charge in [-0.2, -0.15) is 0 Å². The highest BCUT2D eigenvalue weighted by molar-refractivity contribution is 7.99. The van der Waals surface area contributed by atoms with Gasteiger partial charge in [-0.1, -0.05) is 43.7 Å². The molecule has 0 saturated heterocycles. The number of thioether (sulfide) groups is 1. The van der Waals surface area contributed by atoms with Crippen LogP contribution in [-0.2, 0) is 11.2 Å². The van der Waals surface area contributed by atoms with E-state index in [1.165, 1.54) is 24.6 Å². The number of carbonyl (C=O) groups excluding carboxylic acids is 1. The molecular weight excluding hydrogens is 414 g/mol. The fraction of sp³-hybridized carbons (Fsp3) is 0.435. The number of aryl methyl sites for hydroxylation is 3. The van der Waals surface area contributed by atoms with Gasteiger partial charge >= 0.3 is 0 Å². The minimum absolute atomic E-state index is 0.00801. The Kier molecular flexibility index (Phi) is 6.29. The summed E-state index contributed by atoms with van der Waals surface area (Å²) in [6, 6.07) is 8.16. The predicted molar refractivity (Wildman–Crippen MR) is 125 cm³/mol. The van der Waals surface area contributed by atoms with Crippen LogP contribution in [0.1, 0.15) is 48.6 Å². The Morgan fingerprint density at radius 1 is 1.30 bits per heavy atom. The average molecular weight is 442 g/mol. The number of thiophene rings is 1. The molecule has 158 valence electrons. The third kappa shape index (κ3) is 4.18. The molecule has 1 N–H and O–H groups in total. The molecule has 1 aliphatic rings. The van der Waals surface area contributed by atoms with Crippen molar-refractivity contribution in [1.29, 1.82) is 0 Å². The molecule has 0 atom stereocenters. The van der Waals surface area contributed by atoms with E-state index >= 15 is 0 Å². The van der Waals surface area contributed by atoms with Crippen LogP contribution in [0.25, 0.3) is 15.9 Å². The zero-order valence-electron chi connectivity index (χ0n) is 17.7. The number of hydrogen-bond donors (Lipinski definition) is 1. The molecule has 1 aliphatic carbocycles. The maximum absolute atomic E-state index is 13.6. The van der Waals surface area contributed by atoms with E-state index in [1.807, 2.05) is 38.1 Å². The van der Waals surface area contributed by atoms with Gasteiger partial charge in [0.05, 0.1) is 16.8 Å². The number of nitrogens with zero attached hydrogens (tertiary/aromatic N) is 2. The Balaban J connectivity index is 1.74. The summed E-state index contributed by atoms with van der Waals surface area (Å²) in [5, 5.41) is 4.40. The first-order valence-corrected chi connectivity index (χ1v) is 12.3. The van der Waals surface area contributed by atoms with Crippen LogP contribution in [0.3, 0.4) is 0 Å². The SMILES string of the molecule is CCc1c(C)sc2nc(SCC(=O)NC3CCCC3)n(-c3cccc(C)c3)c(=O)c12. The monoisotopic (exact) mass is 441 g/mol. The van der Waals surface area contributed by atoms with E-state index in [-0.39, 0.29) is 17.2 Å². The van der Waals surface area contributed by atoms with Crippen molar-refractivity contribution in [3.8, 4) is 5.69 Å². The van der Waals surface area contributed by atoms with Crippen molar-refractivity contribution in [2.45, 2.75) is 64.1 Å². The molecular formula is C23H27N3O2S2. The second-order valence-electron chi connectivity index (χ2n) is 7.88. The van der Waals surface area contributed by atoms with Gasteiger partial charge in [0.25, 0.3) is 5.56 Å². The Bertz CT molecular complexity index is 1140. The lowest BCUT2D eigenvalue weighted by atomic mass is 10.1. The molecule has 0 bridgehead atoms. The molecule has 1 amide bonds. The molecule has 5 nitrogen and oxygen atoms in total. The lowest BCUT2D eigenvalue weighted by Gasteiger charge is -2.14. The summed E-state index contributed by atoms with van der Waals surface area (Å²) >= 11 is 2.90. The van der Waals surface area contributed by atoms with Crippen LogP contribution in [-0.4, -0.2) is 27.3 Å². The van der Waals surface area contributed by atoms with E-state index < -0.39 is 0 Å². The smallest absolute Gasteiger partial charge is 0.267 e. The van der Waals surface area contributed by atoms with E-state index in [2.05, 4.69) is 12.2 Å². The van der Waals surface area contributed by atoms with Gasteiger partial charge in [0.15, 0.2) is 5.16 Å². The van der Waals surface area contributed by atoms with Crippen LogP contribution < -0.4 is 10.9 Å². The van der Waals surface area contributed by atoms with Gasteiger partial charge in [-0.05, 0) is 56.4 Å². The number of amides is 1. The molecule has 4 rings (SSSR count). The summed E-state index contributed by atoms with van der Waals surface area (Å²) in [4.78, 5) is 32.8. The number of nitrogens with one attached hydrogen (secondary N) is 1. The van der Waals surface area contributed by atoms with Gasteiger partial charge in [0, 0.05) is 10.9 Å². The molecule has 30 heavy (non-hydrogen) atoms. The summed E-state index contributed by atoms with van der Waals surface area (Å²) in [7, 11) is 0. The van der Waals surface area contributed by atoms with Crippen molar-refractivity contribution in [2.75, 3.05) is 5.75 Å². The first-order chi connectivity index (χ1) is 14.5. The average Bonchev–Trinajstić information content (AvgIpc) is 3.33. The molecule has 3 aromatic rings. The lowest BCUT2D eigenvalue weighted by molar-refractivity contribution is -0.119. The lowest BCUT2D eigenvalue weighted by Crippen LogP contribution is -2.34. The van der Waals surface area contributed by atoms with E-state index in [9.17, 15) is 9.59 Å². The first-order valence-electron chi connectivity index (χ1n) is 10.5. The molecule has 1 fully saturated rings. The van der Waals surface area contributed by atoms with Crippen molar-refractivity contribution in [2.24, 2.45) is 0 Å². The third-order valence-electron chi connectivity index (χ3n) is 5.66. The fourth-order valence-corrected chi connectivity index (χ4v) is 6.16. The normalized spacial score (nSPS) is 14.5. The highest BCUT2D eigenvalue weighted by Crippen LogP contribution is 2.30. The topological polar surface area (TPSA) is 64.0 Å². The quantitative estimate of drug-likeness (QED) is 0.442. The summed E-state index contributed by atoms with van der Waals surface area (Å²) in [5.41, 5.74) is 2.89. The summed E-state index contributed by atoms with van der Waals surface area (Å²) in [6.45, 7) is 6.12. The molecule has 0 radical (unpaired) electrons. The maximum atomic E-state index is 13.6. The second-order valence-corrected chi connectivity index (χ2v) is 10.0. The third-order valence-corrected chi connectivity index (χ3v) is 7.64. The summed E-state index contributed by atoms with van der Waals surface area (Å²) in [5.74, 6) is 0.263.